The molecular weight excluding hydrogens is 261 g/mol. The molecule has 1 aliphatic rings. The Balaban J connectivity index is 1.97. The van der Waals surface area contributed by atoms with Gasteiger partial charge in [-0.15, -0.1) is 0 Å². The highest BCUT2D eigenvalue weighted by Crippen LogP contribution is 2.30. The average Bonchev–Trinajstić information content (AvgIpc) is 2.44. The predicted octanol–water partition coefficient (Wildman–Crippen LogP) is 5.50. The molecule has 0 spiro atoms. The van der Waals surface area contributed by atoms with Crippen molar-refractivity contribution < 1.29 is 13.2 Å². The molecule has 108 valence electrons. The topological polar surface area (TPSA) is 0 Å². The summed E-state index contributed by atoms with van der Waals surface area (Å²) in [5, 5.41) is 0. The second-order valence-corrected chi connectivity index (χ2v) is 5.36. The minimum atomic E-state index is -1.41. The Morgan fingerprint density at radius 2 is 1.40 bits per heavy atom. The highest BCUT2D eigenvalue weighted by atomic mass is 19.2. The van der Waals surface area contributed by atoms with E-state index in [0.29, 0.717) is 17.4 Å². The van der Waals surface area contributed by atoms with E-state index in [1.54, 1.807) is 6.08 Å². The molecular formula is C17H19F3. The summed E-state index contributed by atoms with van der Waals surface area (Å²) in [7, 11) is 0. The highest BCUT2D eigenvalue weighted by molar-refractivity contribution is 5.49. The van der Waals surface area contributed by atoms with Crippen molar-refractivity contribution >= 4 is 6.08 Å². The Labute approximate surface area is 118 Å². The first-order valence-corrected chi connectivity index (χ1v) is 7.05. The van der Waals surface area contributed by atoms with Crippen LogP contribution in [0.15, 0.2) is 30.4 Å². The van der Waals surface area contributed by atoms with Gasteiger partial charge in [-0.25, -0.2) is 13.2 Å². The molecule has 1 aliphatic carbocycles. The number of hydrogen-bond acceptors (Lipinski definition) is 0. The van der Waals surface area contributed by atoms with Crippen molar-refractivity contribution in [3.63, 3.8) is 0 Å². The van der Waals surface area contributed by atoms with Crippen LogP contribution in [0.2, 0.25) is 0 Å². The first-order valence-electron chi connectivity index (χ1n) is 7.05. The zero-order valence-corrected chi connectivity index (χ0v) is 11.6. The van der Waals surface area contributed by atoms with E-state index in [4.69, 9.17) is 0 Å². The molecule has 0 saturated heterocycles. The monoisotopic (exact) mass is 280 g/mol. The third-order valence-electron chi connectivity index (χ3n) is 3.85. The van der Waals surface area contributed by atoms with Crippen LogP contribution < -0.4 is 0 Å². The van der Waals surface area contributed by atoms with Gasteiger partial charge in [-0.3, -0.25) is 0 Å². The lowest BCUT2D eigenvalue weighted by molar-refractivity contribution is 0.357. The van der Waals surface area contributed by atoms with Gasteiger partial charge in [-0.2, -0.15) is 0 Å². The third-order valence-corrected chi connectivity index (χ3v) is 3.85. The van der Waals surface area contributed by atoms with E-state index in [2.05, 4.69) is 12.2 Å². The normalized spacial score (nSPS) is 23.8. The Bertz CT molecular complexity index is 486. The van der Waals surface area contributed by atoms with Crippen LogP contribution in [-0.4, -0.2) is 0 Å². The fourth-order valence-corrected chi connectivity index (χ4v) is 2.72. The van der Waals surface area contributed by atoms with Gasteiger partial charge < -0.3 is 0 Å². The standard InChI is InChI=1S/C17H19F3/c1-2-3-12-4-6-13(7-5-12)8-9-14-10-15(18)17(20)16(19)11-14/h2-3,8-13H,4-7H2,1H3/b3-2+,9-8+. The van der Waals surface area contributed by atoms with E-state index in [0.717, 1.165) is 37.8 Å². The molecule has 1 fully saturated rings. The number of benzene rings is 1. The molecule has 1 aromatic rings. The minimum absolute atomic E-state index is 0.372. The van der Waals surface area contributed by atoms with Crippen LogP contribution in [-0.2, 0) is 0 Å². The van der Waals surface area contributed by atoms with Crippen LogP contribution in [0.25, 0.3) is 6.08 Å². The van der Waals surface area contributed by atoms with Crippen molar-refractivity contribution in [2.75, 3.05) is 0 Å². The fourth-order valence-electron chi connectivity index (χ4n) is 2.72. The van der Waals surface area contributed by atoms with E-state index >= 15 is 0 Å². The van der Waals surface area contributed by atoms with Crippen molar-refractivity contribution in [1.29, 1.82) is 0 Å². The molecule has 0 N–H and O–H groups in total. The van der Waals surface area contributed by atoms with Gasteiger partial charge in [-0.05, 0) is 62.1 Å². The zero-order chi connectivity index (χ0) is 14.5. The van der Waals surface area contributed by atoms with E-state index in [-0.39, 0.29) is 0 Å². The summed E-state index contributed by atoms with van der Waals surface area (Å²) in [5.74, 6) is -2.59. The summed E-state index contributed by atoms with van der Waals surface area (Å²) in [6.45, 7) is 2.03. The molecule has 0 atom stereocenters. The lowest BCUT2D eigenvalue weighted by atomic mass is 9.81. The Morgan fingerprint density at radius 3 is 1.90 bits per heavy atom. The molecule has 0 heterocycles. The number of allylic oxidation sites excluding steroid dienone is 3. The quantitative estimate of drug-likeness (QED) is 0.506. The Morgan fingerprint density at radius 1 is 0.900 bits per heavy atom. The highest BCUT2D eigenvalue weighted by Gasteiger charge is 2.17. The third kappa shape index (κ3) is 3.75. The summed E-state index contributed by atoms with van der Waals surface area (Å²) in [5.41, 5.74) is 0.372. The molecule has 0 nitrogen and oxygen atoms in total. The molecule has 3 heteroatoms. The largest absolute Gasteiger partial charge is 0.204 e. The van der Waals surface area contributed by atoms with Gasteiger partial charge >= 0.3 is 0 Å². The molecule has 1 aromatic carbocycles. The van der Waals surface area contributed by atoms with Crippen LogP contribution in [0.3, 0.4) is 0 Å². The van der Waals surface area contributed by atoms with Gasteiger partial charge in [0.15, 0.2) is 17.5 Å². The lowest BCUT2D eigenvalue weighted by Crippen LogP contribution is -2.11. The SMILES string of the molecule is C/C=C/C1CCC(/C=C/c2cc(F)c(F)c(F)c2)CC1. The lowest BCUT2D eigenvalue weighted by Gasteiger charge is -2.24. The first kappa shape index (κ1) is 14.9. The minimum Gasteiger partial charge on any atom is -0.204 e. The van der Waals surface area contributed by atoms with Crippen LogP contribution in [0, 0.1) is 29.3 Å². The smallest absolute Gasteiger partial charge is 0.194 e. The molecule has 20 heavy (non-hydrogen) atoms. The van der Waals surface area contributed by atoms with Crippen molar-refractivity contribution in [2.24, 2.45) is 11.8 Å². The molecule has 1 saturated carbocycles. The predicted molar refractivity (Wildman–Crippen MR) is 75.6 cm³/mol. The summed E-state index contributed by atoms with van der Waals surface area (Å²) >= 11 is 0. The maximum Gasteiger partial charge on any atom is 0.194 e. The van der Waals surface area contributed by atoms with E-state index in [1.165, 1.54) is 0 Å². The van der Waals surface area contributed by atoms with Crippen molar-refractivity contribution in [3.05, 3.63) is 53.4 Å². The van der Waals surface area contributed by atoms with Crippen LogP contribution in [0.1, 0.15) is 38.2 Å². The molecule has 0 bridgehead atoms. The summed E-state index contributed by atoms with van der Waals surface area (Å²) in [6.07, 6.45) is 12.5. The van der Waals surface area contributed by atoms with Crippen molar-refractivity contribution in [2.45, 2.75) is 32.6 Å². The van der Waals surface area contributed by atoms with Crippen LogP contribution in [0.5, 0.6) is 0 Å². The summed E-state index contributed by atoms with van der Waals surface area (Å²) in [6, 6.07) is 2.06. The van der Waals surface area contributed by atoms with E-state index in [9.17, 15) is 13.2 Å². The van der Waals surface area contributed by atoms with Gasteiger partial charge in [0.25, 0.3) is 0 Å². The second kappa shape index (κ2) is 6.78. The molecule has 0 aliphatic heterocycles. The zero-order valence-electron chi connectivity index (χ0n) is 11.6. The van der Waals surface area contributed by atoms with E-state index in [1.807, 2.05) is 13.0 Å². The van der Waals surface area contributed by atoms with Gasteiger partial charge in [0, 0.05) is 0 Å². The molecule has 0 aromatic heterocycles. The summed E-state index contributed by atoms with van der Waals surface area (Å²) < 4.78 is 39.0. The van der Waals surface area contributed by atoms with Crippen LogP contribution in [0.4, 0.5) is 13.2 Å². The average molecular weight is 280 g/mol. The summed E-state index contributed by atoms with van der Waals surface area (Å²) in [4.78, 5) is 0. The Kier molecular flexibility index (Phi) is 5.05. The first-order chi connectivity index (χ1) is 9.60. The fraction of sp³-hybridized carbons (Fsp3) is 0.412. The molecule has 0 amide bonds. The number of hydrogen-bond donors (Lipinski definition) is 0. The molecule has 0 unspecified atom stereocenters. The number of halogens is 3. The van der Waals surface area contributed by atoms with Crippen LogP contribution >= 0.6 is 0 Å². The van der Waals surface area contributed by atoms with Crippen molar-refractivity contribution in [3.8, 4) is 0 Å². The molecule has 0 radical (unpaired) electrons. The van der Waals surface area contributed by atoms with Gasteiger partial charge in [-0.1, -0.05) is 24.3 Å². The van der Waals surface area contributed by atoms with E-state index < -0.39 is 17.5 Å². The number of rotatable bonds is 3. The van der Waals surface area contributed by atoms with Gasteiger partial charge in [0.2, 0.25) is 0 Å². The molecule has 2 rings (SSSR count). The van der Waals surface area contributed by atoms with Crippen molar-refractivity contribution in [1.82, 2.24) is 0 Å². The second-order valence-electron chi connectivity index (χ2n) is 5.36. The maximum atomic E-state index is 13.1. The van der Waals surface area contributed by atoms with Gasteiger partial charge in [0.1, 0.15) is 0 Å². The Hall–Kier alpha value is -1.51. The van der Waals surface area contributed by atoms with Gasteiger partial charge in [0.05, 0.1) is 0 Å². The maximum absolute atomic E-state index is 13.1.